The van der Waals surface area contributed by atoms with Gasteiger partial charge in [-0.2, -0.15) is 0 Å². The van der Waals surface area contributed by atoms with Crippen LogP contribution >= 0.6 is 0 Å². The van der Waals surface area contributed by atoms with E-state index in [2.05, 4.69) is 11.9 Å². The van der Waals surface area contributed by atoms with E-state index in [4.69, 9.17) is 10.5 Å². The highest BCUT2D eigenvalue weighted by atomic mass is 16.5. The third-order valence-corrected chi connectivity index (χ3v) is 2.60. The Labute approximate surface area is 98.0 Å². The summed E-state index contributed by atoms with van der Waals surface area (Å²) >= 11 is 0. The SMILES string of the molecule is CCCCCCCOc1cnccc1CN. The lowest BCUT2D eigenvalue weighted by Gasteiger charge is -2.09. The highest BCUT2D eigenvalue weighted by Crippen LogP contribution is 2.16. The van der Waals surface area contributed by atoms with E-state index in [1.165, 1.54) is 25.7 Å². The quantitative estimate of drug-likeness (QED) is 0.688. The smallest absolute Gasteiger partial charge is 0.142 e. The summed E-state index contributed by atoms with van der Waals surface area (Å²) in [6, 6.07) is 1.91. The van der Waals surface area contributed by atoms with Crippen molar-refractivity contribution in [3.05, 3.63) is 24.0 Å². The van der Waals surface area contributed by atoms with E-state index in [1.807, 2.05) is 6.07 Å². The van der Waals surface area contributed by atoms with Gasteiger partial charge in [-0.1, -0.05) is 32.6 Å². The maximum atomic E-state index is 5.67. The van der Waals surface area contributed by atoms with Gasteiger partial charge in [-0.25, -0.2) is 0 Å². The normalized spacial score (nSPS) is 10.4. The van der Waals surface area contributed by atoms with Gasteiger partial charge in [0, 0.05) is 18.3 Å². The van der Waals surface area contributed by atoms with Gasteiger partial charge in [0.2, 0.25) is 0 Å². The molecule has 0 aliphatic heterocycles. The van der Waals surface area contributed by atoms with Crippen molar-refractivity contribution in [3.8, 4) is 5.75 Å². The van der Waals surface area contributed by atoms with E-state index in [9.17, 15) is 0 Å². The standard InChI is InChI=1S/C13H22N2O/c1-2-3-4-5-6-9-16-13-11-15-8-7-12(13)10-14/h7-8,11H,2-6,9-10,14H2,1H3. The van der Waals surface area contributed by atoms with Gasteiger partial charge in [-0.3, -0.25) is 4.98 Å². The third kappa shape index (κ3) is 4.62. The monoisotopic (exact) mass is 222 g/mol. The number of hydrogen-bond acceptors (Lipinski definition) is 3. The molecular formula is C13H22N2O. The Bertz CT molecular complexity index is 289. The van der Waals surface area contributed by atoms with Crippen molar-refractivity contribution in [1.82, 2.24) is 4.98 Å². The van der Waals surface area contributed by atoms with E-state index in [0.717, 1.165) is 24.3 Å². The Balaban J connectivity index is 2.21. The molecule has 1 aromatic rings. The summed E-state index contributed by atoms with van der Waals surface area (Å²) in [5, 5.41) is 0. The van der Waals surface area contributed by atoms with Gasteiger partial charge in [0.15, 0.2) is 0 Å². The molecule has 1 aromatic heterocycles. The first kappa shape index (κ1) is 13.0. The van der Waals surface area contributed by atoms with E-state index in [-0.39, 0.29) is 0 Å². The van der Waals surface area contributed by atoms with Gasteiger partial charge in [0.25, 0.3) is 0 Å². The Hall–Kier alpha value is -1.09. The van der Waals surface area contributed by atoms with Crippen molar-refractivity contribution in [2.24, 2.45) is 5.73 Å². The first-order chi connectivity index (χ1) is 7.88. The van der Waals surface area contributed by atoms with Crippen LogP contribution in [0.25, 0.3) is 0 Å². The van der Waals surface area contributed by atoms with Crippen LogP contribution in [0.1, 0.15) is 44.6 Å². The molecule has 0 spiro atoms. The van der Waals surface area contributed by atoms with Gasteiger partial charge < -0.3 is 10.5 Å². The van der Waals surface area contributed by atoms with Gasteiger partial charge >= 0.3 is 0 Å². The summed E-state index contributed by atoms with van der Waals surface area (Å²) in [6.07, 6.45) is 9.74. The predicted octanol–water partition coefficient (Wildman–Crippen LogP) is 2.89. The minimum atomic E-state index is 0.508. The summed E-state index contributed by atoms with van der Waals surface area (Å²) in [7, 11) is 0. The number of nitrogens with two attached hydrogens (primary N) is 1. The van der Waals surface area contributed by atoms with Crippen LogP contribution in [0, 0.1) is 0 Å². The summed E-state index contributed by atoms with van der Waals surface area (Å²) in [5.41, 5.74) is 6.64. The third-order valence-electron chi connectivity index (χ3n) is 2.60. The molecule has 0 saturated carbocycles. The van der Waals surface area contributed by atoms with Crippen LogP contribution in [0.3, 0.4) is 0 Å². The number of ether oxygens (including phenoxy) is 1. The Morgan fingerprint density at radius 2 is 2.06 bits per heavy atom. The molecule has 3 nitrogen and oxygen atoms in total. The van der Waals surface area contributed by atoms with Crippen molar-refractivity contribution < 1.29 is 4.74 Å². The number of nitrogens with zero attached hydrogens (tertiary/aromatic N) is 1. The van der Waals surface area contributed by atoms with E-state index in [0.29, 0.717) is 6.54 Å². The second-order valence-corrected chi connectivity index (χ2v) is 3.95. The molecule has 0 unspecified atom stereocenters. The molecule has 16 heavy (non-hydrogen) atoms. The second-order valence-electron chi connectivity index (χ2n) is 3.95. The average molecular weight is 222 g/mol. The highest BCUT2D eigenvalue weighted by molar-refractivity contribution is 5.29. The molecule has 90 valence electrons. The number of aromatic nitrogens is 1. The fourth-order valence-corrected chi connectivity index (χ4v) is 1.60. The van der Waals surface area contributed by atoms with Crippen molar-refractivity contribution >= 4 is 0 Å². The van der Waals surface area contributed by atoms with Crippen molar-refractivity contribution in [1.29, 1.82) is 0 Å². The lowest BCUT2D eigenvalue weighted by atomic mass is 10.2. The number of pyridine rings is 1. The lowest BCUT2D eigenvalue weighted by molar-refractivity contribution is 0.300. The maximum Gasteiger partial charge on any atom is 0.142 e. The van der Waals surface area contributed by atoms with Crippen LogP contribution in [0.5, 0.6) is 5.75 Å². The van der Waals surface area contributed by atoms with Crippen LogP contribution in [-0.2, 0) is 6.54 Å². The van der Waals surface area contributed by atoms with Gasteiger partial charge in [-0.15, -0.1) is 0 Å². The molecule has 1 heterocycles. The van der Waals surface area contributed by atoms with Gasteiger partial charge in [0.05, 0.1) is 12.8 Å². The number of hydrogen-bond donors (Lipinski definition) is 1. The molecule has 0 radical (unpaired) electrons. The summed E-state index contributed by atoms with van der Waals surface area (Å²) in [4.78, 5) is 4.04. The van der Waals surface area contributed by atoms with Crippen LogP contribution in [0.4, 0.5) is 0 Å². The molecule has 0 aromatic carbocycles. The minimum Gasteiger partial charge on any atom is -0.492 e. The molecule has 0 atom stereocenters. The van der Waals surface area contributed by atoms with E-state index < -0.39 is 0 Å². The topological polar surface area (TPSA) is 48.1 Å². The van der Waals surface area contributed by atoms with Gasteiger partial charge in [-0.05, 0) is 12.5 Å². The minimum absolute atomic E-state index is 0.508. The van der Waals surface area contributed by atoms with Crippen molar-refractivity contribution in [2.45, 2.75) is 45.6 Å². The zero-order chi connectivity index (χ0) is 11.6. The number of rotatable bonds is 8. The van der Waals surface area contributed by atoms with Crippen molar-refractivity contribution in [2.75, 3.05) is 6.61 Å². The zero-order valence-corrected chi connectivity index (χ0v) is 10.1. The fraction of sp³-hybridized carbons (Fsp3) is 0.615. The number of unbranched alkanes of at least 4 members (excludes halogenated alkanes) is 4. The van der Waals surface area contributed by atoms with Crippen LogP contribution in [0.15, 0.2) is 18.5 Å². The largest absolute Gasteiger partial charge is 0.492 e. The fourth-order valence-electron chi connectivity index (χ4n) is 1.60. The Morgan fingerprint density at radius 3 is 2.81 bits per heavy atom. The predicted molar refractivity (Wildman–Crippen MR) is 66.4 cm³/mol. The first-order valence-electron chi connectivity index (χ1n) is 6.14. The highest BCUT2D eigenvalue weighted by Gasteiger charge is 2.00. The van der Waals surface area contributed by atoms with Crippen LogP contribution in [-0.4, -0.2) is 11.6 Å². The summed E-state index contributed by atoms with van der Waals surface area (Å²) in [6.45, 7) is 3.50. The van der Waals surface area contributed by atoms with E-state index in [1.54, 1.807) is 12.4 Å². The van der Waals surface area contributed by atoms with Gasteiger partial charge in [0.1, 0.15) is 5.75 Å². The molecule has 1 rings (SSSR count). The first-order valence-corrected chi connectivity index (χ1v) is 6.14. The molecule has 2 N–H and O–H groups in total. The molecule has 0 aliphatic rings. The van der Waals surface area contributed by atoms with E-state index >= 15 is 0 Å². The molecule has 0 aliphatic carbocycles. The maximum absolute atomic E-state index is 5.67. The molecule has 0 saturated heterocycles. The van der Waals surface area contributed by atoms with Crippen LogP contribution in [0.2, 0.25) is 0 Å². The Kier molecular flexibility index (Phi) is 6.58. The second kappa shape index (κ2) is 8.11. The summed E-state index contributed by atoms with van der Waals surface area (Å²) < 4.78 is 5.67. The Morgan fingerprint density at radius 1 is 1.25 bits per heavy atom. The molecule has 0 amide bonds. The average Bonchev–Trinajstić information content (AvgIpc) is 2.34. The van der Waals surface area contributed by atoms with Crippen LogP contribution < -0.4 is 10.5 Å². The molecule has 0 fully saturated rings. The summed E-state index contributed by atoms with van der Waals surface area (Å²) in [5.74, 6) is 0.834. The van der Waals surface area contributed by atoms with Crippen molar-refractivity contribution in [3.63, 3.8) is 0 Å². The molecule has 3 heteroatoms. The molecule has 0 bridgehead atoms. The molecular weight excluding hydrogens is 200 g/mol. The lowest BCUT2D eigenvalue weighted by Crippen LogP contribution is -2.04. The zero-order valence-electron chi connectivity index (χ0n) is 10.1.